The summed E-state index contributed by atoms with van der Waals surface area (Å²) in [6, 6.07) is 29.3. The van der Waals surface area contributed by atoms with E-state index in [1.165, 1.54) is 52.5 Å². The fourth-order valence-corrected chi connectivity index (χ4v) is 5.87. The van der Waals surface area contributed by atoms with Crippen molar-refractivity contribution < 1.29 is 0 Å². The van der Waals surface area contributed by atoms with Gasteiger partial charge in [0.05, 0.1) is 0 Å². The van der Waals surface area contributed by atoms with Gasteiger partial charge in [-0.2, -0.15) is 0 Å². The first-order valence-electron chi connectivity index (χ1n) is 10.4. The molecule has 0 spiro atoms. The molecule has 0 fully saturated rings. The van der Waals surface area contributed by atoms with E-state index in [2.05, 4.69) is 88.4 Å². The van der Waals surface area contributed by atoms with Gasteiger partial charge in [0.25, 0.3) is 0 Å². The monoisotopic (exact) mass is 414 g/mol. The third-order valence-electron chi connectivity index (χ3n) is 6.33. The molecule has 0 aliphatic rings. The van der Waals surface area contributed by atoms with Crippen LogP contribution in [0.15, 0.2) is 91.3 Å². The number of benzene rings is 5. The predicted octanol–water partition coefficient (Wildman–Crippen LogP) is 7.91. The van der Waals surface area contributed by atoms with Crippen LogP contribution in [0.3, 0.4) is 0 Å². The summed E-state index contributed by atoms with van der Waals surface area (Å²) < 4.78 is 4.72. The number of nitrogens with zero attached hydrogens (tertiary/aromatic N) is 2. The van der Waals surface area contributed by atoms with E-state index in [9.17, 15) is 0 Å². The number of hydrogen-bond donors (Lipinski definition) is 0. The lowest BCUT2D eigenvalue weighted by Gasteiger charge is -2.06. The number of rotatable bonds is 1. The van der Waals surface area contributed by atoms with Crippen LogP contribution in [-0.4, -0.2) is 9.55 Å². The summed E-state index contributed by atoms with van der Waals surface area (Å²) >= 11 is 1.87. The molecule has 3 heteroatoms. The van der Waals surface area contributed by atoms with Crippen molar-refractivity contribution in [1.82, 2.24) is 9.55 Å². The van der Waals surface area contributed by atoms with Crippen LogP contribution >= 0.6 is 11.3 Å². The molecule has 2 heterocycles. The van der Waals surface area contributed by atoms with Crippen LogP contribution in [0.25, 0.3) is 63.9 Å². The molecule has 5 aromatic carbocycles. The van der Waals surface area contributed by atoms with E-state index < -0.39 is 0 Å². The van der Waals surface area contributed by atoms with E-state index in [4.69, 9.17) is 0 Å². The first-order valence-corrected chi connectivity index (χ1v) is 11.2. The fraction of sp³-hybridized carbons (Fsp3) is 0.0357. The Hall–Kier alpha value is -3.69. The number of hydrogen-bond acceptors (Lipinski definition) is 2. The van der Waals surface area contributed by atoms with E-state index >= 15 is 0 Å². The van der Waals surface area contributed by atoms with Crippen LogP contribution in [0.5, 0.6) is 0 Å². The van der Waals surface area contributed by atoms with Gasteiger partial charge in [0.1, 0.15) is 5.82 Å². The summed E-state index contributed by atoms with van der Waals surface area (Å²) in [6.07, 6.45) is 3.85. The molecule has 0 saturated carbocycles. The van der Waals surface area contributed by atoms with Crippen molar-refractivity contribution in [2.75, 3.05) is 0 Å². The molecule has 7 aromatic rings. The van der Waals surface area contributed by atoms with Crippen LogP contribution in [0.4, 0.5) is 0 Å². The maximum atomic E-state index is 4.53. The molecule has 2 nitrogen and oxygen atoms in total. The Bertz CT molecular complexity index is 1800. The molecule has 0 amide bonds. The summed E-state index contributed by atoms with van der Waals surface area (Å²) in [6.45, 7) is 0. The highest BCUT2D eigenvalue weighted by atomic mass is 32.1. The second-order valence-electron chi connectivity index (χ2n) is 8.27. The first kappa shape index (κ1) is 17.0. The summed E-state index contributed by atoms with van der Waals surface area (Å²) in [5.41, 5.74) is 1.16. The lowest BCUT2D eigenvalue weighted by atomic mass is 9.98. The molecule has 0 aliphatic heterocycles. The van der Waals surface area contributed by atoms with Crippen molar-refractivity contribution in [1.29, 1.82) is 0 Å². The molecule has 0 saturated heterocycles. The van der Waals surface area contributed by atoms with Gasteiger partial charge in [-0.15, -0.1) is 11.3 Å². The maximum absolute atomic E-state index is 4.53. The standard InChI is InChI=1S/C28H18N2S/c1-30-9-8-29-28(30)19-6-7-26-24(14-19)25-15-22-12-20-10-17-4-2-3-5-18(17)11-21(20)13-23(22)16-27(25)31-26/h2-16H,1H3. The van der Waals surface area contributed by atoms with Crippen LogP contribution in [0.1, 0.15) is 0 Å². The third kappa shape index (κ3) is 2.54. The topological polar surface area (TPSA) is 17.8 Å². The second-order valence-corrected chi connectivity index (χ2v) is 9.35. The van der Waals surface area contributed by atoms with Crippen molar-refractivity contribution in [3.8, 4) is 11.4 Å². The van der Waals surface area contributed by atoms with Gasteiger partial charge in [0, 0.05) is 45.2 Å². The van der Waals surface area contributed by atoms with Crippen LogP contribution < -0.4 is 0 Å². The smallest absolute Gasteiger partial charge is 0.139 e. The summed E-state index contributed by atoms with van der Waals surface area (Å²) in [7, 11) is 2.04. The van der Waals surface area contributed by atoms with E-state index in [1.54, 1.807) is 0 Å². The van der Waals surface area contributed by atoms with E-state index in [0.717, 1.165) is 11.4 Å². The zero-order valence-corrected chi connectivity index (χ0v) is 17.8. The molecular formula is C28H18N2S. The molecular weight excluding hydrogens is 396 g/mol. The Kier molecular flexibility index (Phi) is 3.39. The number of aryl methyl sites for hydroxylation is 1. The molecule has 31 heavy (non-hydrogen) atoms. The summed E-state index contributed by atoms with van der Waals surface area (Å²) in [5, 5.41) is 10.4. The minimum atomic E-state index is 1.000. The number of aromatic nitrogens is 2. The van der Waals surface area contributed by atoms with Crippen LogP contribution in [0.2, 0.25) is 0 Å². The molecule has 0 aliphatic carbocycles. The predicted molar refractivity (Wildman–Crippen MR) is 134 cm³/mol. The van der Waals surface area contributed by atoms with E-state index in [0.29, 0.717) is 0 Å². The van der Waals surface area contributed by atoms with Crippen LogP contribution in [0, 0.1) is 0 Å². The zero-order valence-electron chi connectivity index (χ0n) is 17.0. The zero-order chi connectivity index (χ0) is 20.5. The van der Waals surface area contributed by atoms with Gasteiger partial charge >= 0.3 is 0 Å². The molecule has 0 N–H and O–H groups in total. The first-order chi connectivity index (χ1) is 15.2. The van der Waals surface area contributed by atoms with Gasteiger partial charge in [0.15, 0.2) is 0 Å². The molecule has 146 valence electrons. The molecule has 0 unspecified atom stereocenters. The SMILES string of the molecule is Cn1ccnc1-c1ccc2sc3cc4cc5cc6ccccc6cc5cc4cc3c2c1. The second kappa shape index (κ2) is 6.16. The third-order valence-corrected chi connectivity index (χ3v) is 7.46. The van der Waals surface area contributed by atoms with Crippen LogP contribution in [-0.2, 0) is 7.05 Å². The van der Waals surface area contributed by atoms with E-state index in [1.807, 2.05) is 30.8 Å². The fourth-order valence-electron chi connectivity index (χ4n) is 4.75. The van der Waals surface area contributed by atoms with Gasteiger partial charge in [-0.25, -0.2) is 4.98 Å². The van der Waals surface area contributed by atoms with Gasteiger partial charge in [0.2, 0.25) is 0 Å². The van der Waals surface area contributed by atoms with Crippen molar-refractivity contribution in [3.63, 3.8) is 0 Å². The molecule has 7 rings (SSSR count). The molecule has 2 aromatic heterocycles. The van der Waals surface area contributed by atoms with Crippen molar-refractivity contribution in [3.05, 3.63) is 91.3 Å². The number of fused-ring (bicyclic) bond motifs is 6. The van der Waals surface area contributed by atoms with Crippen molar-refractivity contribution in [2.45, 2.75) is 0 Å². The van der Waals surface area contributed by atoms with E-state index in [-0.39, 0.29) is 0 Å². The highest BCUT2D eigenvalue weighted by Crippen LogP contribution is 2.39. The number of thiophene rings is 1. The quantitative estimate of drug-likeness (QED) is 0.250. The Morgan fingerprint density at radius 1 is 0.645 bits per heavy atom. The highest BCUT2D eigenvalue weighted by Gasteiger charge is 2.11. The molecule has 0 bridgehead atoms. The minimum absolute atomic E-state index is 1.000. The largest absolute Gasteiger partial charge is 0.334 e. The summed E-state index contributed by atoms with van der Waals surface area (Å²) in [5.74, 6) is 1.000. The Balaban J connectivity index is 1.51. The van der Waals surface area contributed by atoms with Gasteiger partial charge in [-0.1, -0.05) is 24.3 Å². The Labute approximate surface area is 183 Å². The average molecular weight is 415 g/mol. The Morgan fingerprint density at radius 2 is 1.29 bits per heavy atom. The van der Waals surface area contributed by atoms with Crippen molar-refractivity contribution >= 4 is 63.8 Å². The van der Waals surface area contributed by atoms with Crippen molar-refractivity contribution in [2.24, 2.45) is 7.05 Å². The average Bonchev–Trinajstić information content (AvgIpc) is 3.37. The number of imidazole rings is 1. The lowest BCUT2D eigenvalue weighted by molar-refractivity contribution is 0.925. The Morgan fingerprint density at radius 3 is 2.00 bits per heavy atom. The maximum Gasteiger partial charge on any atom is 0.139 e. The highest BCUT2D eigenvalue weighted by molar-refractivity contribution is 7.25. The molecule has 0 atom stereocenters. The normalized spacial score (nSPS) is 12.0. The van der Waals surface area contributed by atoms with Gasteiger partial charge < -0.3 is 4.57 Å². The summed E-state index contributed by atoms with van der Waals surface area (Å²) in [4.78, 5) is 4.53. The van der Waals surface area contributed by atoms with Gasteiger partial charge in [-0.3, -0.25) is 0 Å². The van der Waals surface area contributed by atoms with Gasteiger partial charge in [-0.05, 0) is 86.9 Å². The molecule has 0 radical (unpaired) electrons. The lowest BCUT2D eigenvalue weighted by Crippen LogP contribution is -1.90. The minimum Gasteiger partial charge on any atom is -0.334 e.